The Balaban J connectivity index is 1.60. The summed E-state index contributed by atoms with van der Waals surface area (Å²) in [6, 6.07) is 23.5. The van der Waals surface area contributed by atoms with Crippen LogP contribution < -0.4 is 0 Å². The molecule has 2 aliphatic rings. The van der Waals surface area contributed by atoms with Gasteiger partial charge in [-0.2, -0.15) is 0 Å². The first kappa shape index (κ1) is 25.2. The molecular weight excluding hydrogens is 488 g/mol. The number of carbonyl (C=O) groups is 2. The number of aliphatic hydroxyl groups excluding tert-OH is 1. The summed E-state index contributed by atoms with van der Waals surface area (Å²) in [5, 5.41) is 11.8. The van der Waals surface area contributed by atoms with Gasteiger partial charge in [-0.05, 0) is 42.3 Å². The van der Waals surface area contributed by atoms with E-state index in [4.69, 9.17) is 16.3 Å². The number of aryl methyl sites for hydroxylation is 1. The quantitative estimate of drug-likeness (QED) is 0.279. The summed E-state index contributed by atoms with van der Waals surface area (Å²) in [5.41, 5.74) is 3.42. The molecule has 190 valence electrons. The van der Waals surface area contributed by atoms with E-state index in [-0.39, 0.29) is 17.4 Å². The van der Waals surface area contributed by atoms with E-state index in [9.17, 15) is 14.7 Å². The van der Waals surface area contributed by atoms with Crippen molar-refractivity contribution >= 4 is 29.1 Å². The van der Waals surface area contributed by atoms with Crippen LogP contribution in [0.25, 0.3) is 5.76 Å². The largest absolute Gasteiger partial charge is 0.507 e. The molecule has 0 aliphatic carbocycles. The molecule has 0 unspecified atom stereocenters. The predicted octanol–water partition coefficient (Wildman–Crippen LogP) is 5.14. The van der Waals surface area contributed by atoms with Crippen LogP contribution in [-0.4, -0.2) is 59.4 Å². The molecule has 3 aromatic carbocycles. The Morgan fingerprint density at radius 1 is 0.973 bits per heavy atom. The van der Waals surface area contributed by atoms with Crippen LogP contribution in [-0.2, 0) is 14.3 Å². The number of nitrogens with zero attached hydrogens (tertiary/aromatic N) is 2. The first-order chi connectivity index (χ1) is 17.9. The zero-order valence-electron chi connectivity index (χ0n) is 20.6. The van der Waals surface area contributed by atoms with Crippen LogP contribution >= 0.6 is 11.6 Å². The molecule has 0 spiro atoms. The van der Waals surface area contributed by atoms with Crippen LogP contribution in [0, 0.1) is 6.92 Å². The van der Waals surface area contributed by atoms with E-state index >= 15 is 0 Å². The van der Waals surface area contributed by atoms with Gasteiger partial charge in [-0.1, -0.05) is 71.8 Å². The van der Waals surface area contributed by atoms with Crippen LogP contribution in [0.15, 0.2) is 84.4 Å². The van der Waals surface area contributed by atoms with Gasteiger partial charge >= 0.3 is 0 Å². The zero-order valence-corrected chi connectivity index (χ0v) is 21.4. The second-order valence-electron chi connectivity index (χ2n) is 9.44. The minimum atomic E-state index is -0.719. The van der Waals surface area contributed by atoms with Gasteiger partial charge in [0.2, 0.25) is 0 Å². The lowest BCUT2D eigenvalue weighted by Crippen LogP contribution is -2.45. The molecule has 0 radical (unpaired) electrons. The number of ether oxygens (including phenoxy) is 1. The fourth-order valence-corrected chi connectivity index (χ4v) is 5.24. The molecular formula is C30H29ClN2O4. The number of halogens is 1. The maximum Gasteiger partial charge on any atom is 0.295 e. The van der Waals surface area contributed by atoms with E-state index in [1.165, 1.54) is 0 Å². The molecule has 1 N–H and O–H groups in total. The predicted molar refractivity (Wildman–Crippen MR) is 143 cm³/mol. The number of carbonyl (C=O) groups excluding carboxylic acids is 2. The van der Waals surface area contributed by atoms with Crippen LogP contribution in [0.5, 0.6) is 0 Å². The van der Waals surface area contributed by atoms with E-state index in [0.717, 1.165) is 29.8 Å². The average Bonchev–Trinajstić information content (AvgIpc) is 3.18. The summed E-state index contributed by atoms with van der Waals surface area (Å²) < 4.78 is 5.58. The summed E-state index contributed by atoms with van der Waals surface area (Å²) in [6.07, 6.45) is 0. The third-order valence-corrected chi connectivity index (χ3v) is 7.34. The summed E-state index contributed by atoms with van der Waals surface area (Å²) in [7, 11) is 0. The smallest absolute Gasteiger partial charge is 0.295 e. The third-order valence-electron chi connectivity index (χ3n) is 7.09. The van der Waals surface area contributed by atoms with Crippen LogP contribution in [0.4, 0.5) is 0 Å². The van der Waals surface area contributed by atoms with Gasteiger partial charge in [-0.15, -0.1) is 0 Å². The topological polar surface area (TPSA) is 70.1 Å². The molecule has 2 heterocycles. The highest BCUT2D eigenvalue weighted by molar-refractivity contribution is 6.46. The highest BCUT2D eigenvalue weighted by atomic mass is 35.5. The summed E-state index contributed by atoms with van der Waals surface area (Å²) in [4.78, 5) is 31.0. The lowest BCUT2D eigenvalue weighted by atomic mass is 9.94. The maximum atomic E-state index is 13.6. The molecule has 3 aromatic rings. The Kier molecular flexibility index (Phi) is 7.42. The third kappa shape index (κ3) is 5.18. The summed E-state index contributed by atoms with van der Waals surface area (Å²) >= 11 is 6.04. The van der Waals surface area contributed by atoms with Gasteiger partial charge in [0.1, 0.15) is 5.76 Å². The van der Waals surface area contributed by atoms with Crippen LogP contribution in [0.3, 0.4) is 0 Å². The minimum Gasteiger partial charge on any atom is -0.507 e. The van der Waals surface area contributed by atoms with E-state index in [1.807, 2.05) is 61.5 Å². The van der Waals surface area contributed by atoms with Gasteiger partial charge in [0.15, 0.2) is 0 Å². The number of aliphatic hydroxyl groups is 1. The van der Waals surface area contributed by atoms with E-state index < -0.39 is 17.7 Å². The van der Waals surface area contributed by atoms with Crippen molar-refractivity contribution in [3.63, 3.8) is 0 Å². The Morgan fingerprint density at radius 3 is 2.27 bits per heavy atom. The van der Waals surface area contributed by atoms with Crippen LogP contribution in [0.1, 0.15) is 34.3 Å². The Labute approximate surface area is 221 Å². The molecule has 2 aliphatic heterocycles. The van der Waals surface area contributed by atoms with Gasteiger partial charge in [0.05, 0.1) is 30.9 Å². The molecule has 2 fully saturated rings. The van der Waals surface area contributed by atoms with Crippen molar-refractivity contribution in [3.05, 3.63) is 112 Å². The lowest BCUT2D eigenvalue weighted by Gasteiger charge is -2.38. The van der Waals surface area contributed by atoms with E-state index in [1.54, 1.807) is 29.2 Å². The average molecular weight is 517 g/mol. The normalized spacial score (nSPS) is 20.8. The molecule has 0 bridgehead atoms. The summed E-state index contributed by atoms with van der Waals surface area (Å²) in [5.74, 6) is -1.51. The number of ketones is 1. The fourth-order valence-electron chi connectivity index (χ4n) is 5.11. The van der Waals surface area contributed by atoms with Crippen molar-refractivity contribution in [2.24, 2.45) is 0 Å². The second kappa shape index (κ2) is 10.9. The molecule has 7 heteroatoms. The SMILES string of the molecule is Cc1ccc([C@H]2C(=C(O)c3ccc(Cl)cc3)C(=O)C(=O)N2C[C@H](c2ccccc2)N2CCOCC2)cc1. The highest BCUT2D eigenvalue weighted by Crippen LogP contribution is 2.41. The van der Waals surface area contributed by atoms with Gasteiger partial charge < -0.3 is 14.7 Å². The monoisotopic (exact) mass is 516 g/mol. The Bertz CT molecular complexity index is 1300. The molecule has 6 nitrogen and oxygen atoms in total. The Morgan fingerprint density at radius 2 is 1.62 bits per heavy atom. The van der Waals surface area contributed by atoms with Crippen LogP contribution in [0.2, 0.25) is 5.02 Å². The van der Waals surface area contributed by atoms with E-state index in [2.05, 4.69) is 4.90 Å². The molecule has 37 heavy (non-hydrogen) atoms. The van der Waals surface area contributed by atoms with Gasteiger partial charge in [0.25, 0.3) is 11.7 Å². The standard InChI is InChI=1S/C30H29ClN2O4/c1-20-7-9-22(10-8-20)27-26(28(34)23-11-13-24(31)14-12-23)29(35)30(36)33(27)19-25(21-5-3-2-4-6-21)32-15-17-37-18-16-32/h2-14,25,27,34H,15-19H2,1H3/t25-,27+/m1/s1. The van der Waals surface area contributed by atoms with Gasteiger partial charge in [-0.3, -0.25) is 14.5 Å². The molecule has 2 saturated heterocycles. The zero-order chi connectivity index (χ0) is 25.9. The second-order valence-corrected chi connectivity index (χ2v) is 9.88. The lowest BCUT2D eigenvalue weighted by molar-refractivity contribution is -0.140. The number of morpholine rings is 1. The number of rotatable bonds is 6. The van der Waals surface area contributed by atoms with Crippen molar-refractivity contribution in [2.45, 2.75) is 19.0 Å². The molecule has 5 rings (SSSR count). The fraction of sp³-hybridized carbons (Fsp3) is 0.267. The van der Waals surface area contributed by atoms with Crippen molar-refractivity contribution in [1.82, 2.24) is 9.80 Å². The first-order valence-corrected chi connectivity index (χ1v) is 12.8. The van der Waals surface area contributed by atoms with Crippen molar-refractivity contribution in [2.75, 3.05) is 32.8 Å². The number of amides is 1. The molecule has 0 aromatic heterocycles. The van der Waals surface area contributed by atoms with Crippen molar-refractivity contribution < 1.29 is 19.4 Å². The van der Waals surface area contributed by atoms with Crippen molar-refractivity contribution in [3.8, 4) is 0 Å². The molecule has 0 saturated carbocycles. The number of likely N-dealkylation sites (tertiary alicyclic amines) is 1. The maximum absolute atomic E-state index is 13.6. The van der Waals surface area contributed by atoms with Gasteiger partial charge in [0, 0.05) is 30.2 Å². The summed E-state index contributed by atoms with van der Waals surface area (Å²) in [6.45, 7) is 4.95. The minimum absolute atomic E-state index is 0.0879. The highest BCUT2D eigenvalue weighted by Gasteiger charge is 2.47. The van der Waals surface area contributed by atoms with E-state index in [0.29, 0.717) is 30.3 Å². The number of Topliss-reactive ketones (excluding diaryl/α,β-unsaturated/α-hetero) is 1. The molecule has 2 atom stereocenters. The first-order valence-electron chi connectivity index (χ1n) is 12.4. The Hall–Kier alpha value is -3.45. The van der Waals surface area contributed by atoms with Gasteiger partial charge in [-0.25, -0.2) is 0 Å². The number of benzene rings is 3. The van der Waals surface area contributed by atoms with Crippen molar-refractivity contribution in [1.29, 1.82) is 0 Å². The number of hydrogen-bond donors (Lipinski definition) is 1. The molecule has 1 amide bonds. The number of hydrogen-bond acceptors (Lipinski definition) is 5.